The fourth-order valence-electron chi connectivity index (χ4n) is 1.72. The second kappa shape index (κ2) is 5.74. The van der Waals surface area contributed by atoms with Crippen molar-refractivity contribution in [1.82, 2.24) is 9.78 Å². The number of nitrogens with zero attached hydrogens (tertiary/aromatic N) is 2. The highest BCUT2D eigenvalue weighted by molar-refractivity contribution is 6.31. The van der Waals surface area contributed by atoms with Crippen molar-refractivity contribution in [1.29, 1.82) is 0 Å². The van der Waals surface area contributed by atoms with Gasteiger partial charge < -0.3 is 4.74 Å². The van der Waals surface area contributed by atoms with Gasteiger partial charge in [-0.05, 0) is 18.6 Å². The van der Waals surface area contributed by atoms with Crippen molar-refractivity contribution in [2.24, 2.45) is 7.05 Å². The predicted molar refractivity (Wildman–Crippen MR) is 72.9 cm³/mol. The summed E-state index contributed by atoms with van der Waals surface area (Å²) in [5, 5.41) is 5.56. The van der Waals surface area contributed by atoms with Crippen LogP contribution >= 0.6 is 23.2 Å². The second-order valence-corrected chi connectivity index (χ2v) is 4.83. The van der Waals surface area contributed by atoms with Crippen molar-refractivity contribution in [3.63, 3.8) is 0 Å². The molecule has 0 unspecified atom stereocenters. The van der Waals surface area contributed by atoms with Crippen molar-refractivity contribution in [2.75, 3.05) is 0 Å². The number of benzene rings is 1. The Kier molecular flexibility index (Phi) is 4.27. The molecule has 0 aliphatic carbocycles. The molecule has 0 spiro atoms. The van der Waals surface area contributed by atoms with Gasteiger partial charge in [0.15, 0.2) is 0 Å². The van der Waals surface area contributed by atoms with Crippen LogP contribution in [0.5, 0.6) is 0 Å². The summed E-state index contributed by atoms with van der Waals surface area (Å²) < 4.78 is 7.28. The maximum Gasteiger partial charge on any atom is 0.132 e. The number of hydrogen-bond donors (Lipinski definition) is 0. The van der Waals surface area contributed by atoms with Crippen LogP contribution in [0.25, 0.3) is 0 Å². The number of rotatable bonds is 4. The summed E-state index contributed by atoms with van der Waals surface area (Å²) in [4.78, 5) is 0. The molecule has 0 amide bonds. The molecule has 0 N–H and O–H groups in total. The number of hydrogen-bond acceptors (Lipinski definition) is 2. The Morgan fingerprint density at radius 1 is 1.22 bits per heavy atom. The van der Waals surface area contributed by atoms with Crippen molar-refractivity contribution in [2.45, 2.75) is 20.1 Å². The van der Waals surface area contributed by atoms with Crippen LogP contribution in [0.4, 0.5) is 0 Å². The minimum Gasteiger partial charge on any atom is -0.372 e. The number of halogens is 2. The molecule has 0 aliphatic heterocycles. The van der Waals surface area contributed by atoms with Gasteiger partial charge in [-0.3, -0.25) is 4.68 Å². The third-order valence-corrected chi connectivity index (χ3v) is 3.57. The average molecular weight is 285 g/mol. The Morgan fingerprint density at radius 3 is 2.56 bits per heavy atom. The average Bonchev–Trinajstić information content (AvgIpc) is 2.58. The molecule has 0 fully saturated rings. The van der Waals surface area contributed by atoms with Crippen LogP contribution in [0.15, 0.2) is 24.3 Å². The molecule has 3 nitrogen and oxygen atoms in total. The number of aryl methyl sites for hydroxylation is 2. The van der Waals surface area contributed by atoms with E-state index in [0.29, 0.717) is 23.4 Å². The summed E-state index contributed by atoms with van der Waals surface area (Å²) in [6, 6.07) is 7.63. The van der Waals surface area contributed by atoms with Crippen molar-refractivity contribution < 1.29 is 4.74 Å². The van der Waals surface area contributed by atoms with Crippen LogP contribution in [0.3, 0.4) is 0 Å². The van der Waals surface area contributed by atoms with Crippen LogP contribution in [0.2, 0.25) is 10.2 Å². The van der Waals surface area contributed by atoms with Gasteiger partial charge in [0, 0.05) is 17.6 Å². The zero-order chi connectivity index (χ0) is 13.1. The van der Waals surface area contributed by atoms with Crippen LogP contribution in [0, 0.1) is 6.92 Å². The van der Waals surface area contributed by atoms with Crippen LogP contribution in [0.1, 0.15) is 16.8 Å². The molecule has 0 bridgehead atoms. The highest BCUT2D eigenvalue weighted by Crippen LogP contribution is 2.21. The summed E-state index contributed by atoms with van der Waals surface area (Å²) >= 11 is 12.2. The smallest absolute Gasteiger partial charge is 0.132 e. The lowest BCUT2D eigenvalue weighted by atomic mass is 10.2. The van der Waals surface area contributed by atoms with Gasteiger partial charge in [0.05, 0.1) is 18.9 Å². The Balaban J connectivity index is 1.99. The van der Waals surface area contributed by atoms with Gasteiger partial charge in [0.2, 0.25) is 0 Å². The molecular formula is C13H14Cl2N2O. The number of aromatic nitrogens is 2. The van der Waals surface area contributed by atoms with Gasteiger partial charge in [0.25, 0.3) is 0 Å². The monoisotopic (exact) mass is 284 g/mol. The van der Waals surface area contributed by atoms with E-state index in [0.717, 1.165) is 16.8 Å². The third-order valence-electron chi connectivity index (χ3n) is 2.73. The molecular weight excluding hydrogens is 271 g/mol. The first kappa shape index (κ1) is 13.4. The van der Waals surface area contributed by atoms with Gasteiger partial charge in [0.1, 0.15) is 5.15 Å². The summed E-state index contributed by atoms with van der Waals surface area (Å²) in [5.74, 6) is 0. The highest BCUT2D eigenvalue weighted by atomic mass is 35.5. The SMILES string of the molecule is Cc1nn(C)c(Cl)c1COCc1ccccc1Cl. The molecule has 1 aromatic heterocycles. The molecule has 1 heterocycles. The molecule has 96 valence electrons. The van der Waals surface area contributed by atoms with Gasteiger partial charge in [-0.25, -0.2) is 0 Å². The standard InChI is InChI=1S/C13H14Cl2N2O/c1-9-11(13(15)17(2)16-9)8-18-7-10-5-3-4-6-12(10)14/h3-6H,7-8H2,1-2H3. The first-order valence-electron chi connectivity index (χ1n) is 5.58. The molecule has 0 atom stereocenters. The van der Waals surface area contributed by atoms with Gasteiger partial charge in [-0.1, -0.05) is 41.4 Å². The van der Waals surface area contributed by atoms with E-state index in [1.807, 2.05) is 38.2 Å². The maximum absolute atomic E-state index is 6.12. The van der Waals surface area contributed by atoms with Gasteiger partial charge in [-0.2, -0.15) is 5.10 Å². The van der Waals surface area contributed by atoms with Gasteiger partial charge >= 0.3 is 0 Å². The van der Waals surface area contributed by atoms with Crippen LogP contribution in [-0.2, 0) is 25.0 Å². The quantitative estimate of drug-likeness (QED) is 0.855. The summed E-state index contributed by atoms with van der Waals surface area (Å²) in [6.07, 6.45) is 0. The minimum absolute atomic E-state index is 0.434. The second-order valence-electron chi connectivity index (χ2n) is 4.06. The fraction of sp³-hybridized carbons (Fsp3) is 0.308. The highest BCUT2D eigenvalue weighted by Gasteiger charge is 2.11. The topological polar surface area (TPSA) is 27.1 Å². The zero-order valence-corrected chi connectivity index (χ0v) is 11.8. The first-order valence-corrected chi connectivity index (χ1v) is 6.34. The molecule has 0 saturated heterocycles. The molecule has 5 heteroatoms. The van der Waals surface area contributed by atoms with E-state index < -0.39 is 0 Å². The Labute approximate surface area is 116 Å². The van der Waals surface area contributed by atoms with Gasteiger partial charge in [-0.15, -0.1) is 0 Å². The van der Waals surface area contributed by atoms with Crippen molar-refractivity contribution in [3.05, 3.63) is 51.3 Å². The zero-order valence-electron chi connectivity index (χ0n) is 10.3. The summed E-state index contributed by atoms with van der Waals surface area (Å²) in [7, 11) is 1.81. The van der Waals surface area contributed by atoms with E-state index in [4.69, 9.17) is 27.9 Å². The molecule has 1 aromatic carbocycles. The first-order chi connectivity index (χ1) is 8.59. The lowest BCUT2D eigenvalue weighted by Crippen LogP contribution is -1.96. The predicted octanol–water partition coefficient (Wildman–Crippen LogP) is 3.75. The molecule has 0 aliphatic rings. The van der Waals surface area contributed by atoms with E-state index in [2.05, 4.69) is 5.10 Å². The lowest BCUT2D eigenvalue weighted by Gasteiger charge is -2.06. The summed E-state index contributed by atoms with van der Waals surface area (Å²) in [6.45, 7) is 2.81. The number of ether oxygens (including phenoxy) is 1. The lowest BCUT2D eigenvalue weighted by molar-refractivity contribution is 0.107. The van der Waals surface area contributed by atoms with Crippen LogP contribution in [-0.4, -0.2) is 9.78 Å². The normalized spacial score (nSPS) is 10.9. The van der Waals surface area contributed by atoms with E-state index in [1.54, 1.807) is 4.68 Å². The molecule has 2 rings (SSSR count). The largest absolute Gasteiger partial charge is 0.372 e. The minimum atomic E-state index is 0.434. The van der Waals surface area contributed by atoms with Crippen molar-refractivity contribution >= 4 is 23.2 Å². The Morgan fingerprint density at radius 2 is 1.94 bits per heavy atom. The van der Waals surface area contributed by atoms with E-state index in [1.165, 1.54) is 0 Å². The fourth-order valence-corrected chi connectivity index (χ4v) is 2.14. The van der Waals surface area contributed by atoms with Crippen molar-refractivity contribution in [3.8, 4) is 0 Å². The third kappa shape index (κ3) is 2.86. The molecule has 2 aromatic rings. The van der Waals surface area contributed by atoms with E-state index in [9.17, 15) is 0 Å². The molecule has 18 heavy (non-hydrogen) atoms. The summed E-state index contributed by atoms with van der Waals surface area (Å²) in [5.41, 5.74) is 2.78. The molecule has 0 saturated carbocycles. The van der Waals surface area contributed by atoms with E-state index >= 15 is 0 Å². The Hall–Kier alpha value is -1.03. The Bertz CT molecular complexity index is 552. The van der Waals surface area contributed by atoms with E-state index in [-0.39, 0.29) is 0 Å². The van der Waals surface area contributed by atoms with Crippen LogP contribution < -0.4 is 0 Å². The maximum atomic E-state index is 6.12. The molecule has 0 radical (unpaired) electrons.